The SMILES string of the molecule is CC(=O)OC[C@H]1O[C@@H]([n+]2cccc(C(=O)NCCn3c(=O)c4c(ncn4C)n(C)c3=O)c2)[C@H](OC(C)=O)[C@@H]1OC(C)=O.O=S(=O)([O-])C(F)(F)F. The van der Waals surface area contributed by atoms with Crippen molar-refractivity contribution in [3.8, 4) is 0 Å². The lowest BCUT2D eigenvalue weighted by Crippen LogP contribution is -2.49. The molecule has 274 valence electrons. The molecule has 0 spiro atoms. The summed E-state index contributed by atoms with van der Waals surface area (Å²) in [6.45, 7) is 3.16. The number of amides is 1. The standard InChI is InChI=1S/C26H30N6O10.CHF3O3S/c1-14(33)39-12-18-20(40-15(2)34)21(41-16(3)35)25(42-18)31-9-6-7-17(11-31)23(36)27-8-10-32-24(37)19-22(28-13-29(19)4)30(5)26(32)38;2-1(3,4)8(5,6)7/h6-7,9,11,13,18,20-21,25H,8,10,12H2,1-5H3;(H,5,6,7)/t18-,20-,21-,25-;/m1./s1. The molecule has 0 aromatic carbocycles. The van der Waals surface area contributed by atoms with Gasteiger partial charge in [0, 0.05) is 54.0 Å². The van der Waals surface area contributed by atoms with Crippen molar-refractivity contribution in [2.24, 2.45) is 14.1 Å². The predicted molar refractivity (Wildman–Crippen MR) is 157 cm³/mol. The van der Waals surface area contributed by atoms with E-state index >= 15 is 0 Å². The second-order valence-corrected chi connectivity index (χ2v) is 11.9. The molecule has 4 atom stereocenters. The molecule has 3 aromatic heterocycles. The van der Waals surface area contributed by atoms with Gasteiger partial charge in [-0.25, -0.2) is 18.2 Å². The van der Waals surface area contributed by atoms with Crippen LogP contribution in [0.3, 0.4) is 0 Å². The predicted octanol–water partition coefficient (Wildman–Crippen LogP) is -1.47. The van der Waals surface area contributed by atoms with E-state index in [-0.39, 0.29) is 36.4 Å². The number of carbonyl (C=O) groups excluding carboxylic acids is 4. The molecule has 0 radical (unpaired) electrons. The normalized spacial score (nSPS) is 18.9. The van der Waals surface area contributed by atoms with Gasteiger partial charge in [0.05, 0.1) is 6.33 Å². The molecule has 1 amide bonds. The zero-order valence-corrected chi connectivity index (χ0v) is 27.7. The van der Waals surface area contributed by atoms with E-state index in [0.29, 0.717) is 0 Å². The van der Waals surface area contributed by atoms with Crippen molar-refractivity contribution in [2.45, 2.75) is 57.4 Å². The van der Waals surface area contributed by atoms with Gasteiger partial charge in [-0.3, -0.25) is 33.1 Å². The highest BCUT2D eigenvalue weighted by molar-refractivity contribution is 7.86. The number of aromatic nitrogens is 5. The zero-order valence-electron chi connectivity index (χ0n) is 26.9. The van der Waals surface area contributed by atoms with Crippen LogP contribution < -0.4 is 21.1 Å². The Hall–Kier alpha value is -5.16. The summed E-state index contributed by atoms with van der Waals surface area (Å²) in [6, 6.07) is 3.08. The molecule has 0 saturated carbocycles. The fourth-order valence-electron chi connectivity index (χ4n) is 4.69. The minimum Gasteiger partial charge on any atom is -0.741 e. The van der Waals surface area contributed by atoms with Crippen LogP contribution in [0.4, 0.5) is 13.2 Å². The molecule has 4 rings (SSSR count). The number of ether oxygens (including phenoxy) is 4. The molecular weight excluding hydrogens is 705 g/mol. The maximum Gasteiger partial charge on any atom is 0.485 e. The molecule has 0 unspecified atom stereocenters. The Kier molecular flexibility index (Phi) is 12.2. The molecule has 4 heterocycles. The number of halogens is 3. The van der Waals surface area contributed by atoms with Gasteiger partial charge in [0.15, 0.2) is 39.8 Å². The first-order chi connectivity index (χ1) is 23.1. The molecule has 0 bridgehead atoms. The van der Waals surface area contributed by atoms with Gasteiger partial charge in [-0.05, 0) is 6.07 Å². The van der Waals surface area contributed by atoms with E-state index in [0.717, 1.165) is 4.57 Å². The van der Waals surface area contributed by atoms with E-state index in [2.05, 4.69) is 10.3 Å². The fourth-order valence-corrected chi connectivity index (χ4v) is 4.69. The average molecular weight is 737 g/mol. The maximum atomic E-state index is 13.0. The fraction of sp³-hybridized carbons (Fsp3) is 0.481. The molecule has 50 heavy (non-hydrogen) atoms. The molecule has 0 aliphatic carbocycles. The van der Waals surface area contributed by atoms with E-state index in [1.807, 2.05) is 0 Å². The van der Waals surface area contributed by atoms with Gasteiger partial charge in [-0.1, -0.05) is 0 Å². The van der Waals surface area contributed by atoms with E-state index in [1.165, 1.54) is 60.1 Å². The van der Waals surface area contributed by atoms with Crippen LogP contribution in [0, 0.1) is 0 Å². The zero-order chi connectivity index (χ0) is 37.7. The number of esters is 3. The minimum absolute atomic E-state index is 0.0405. The summed E-state index contributed by atoms with van der Waals surface area (Å²) in [5, 5.41) is 2.68. The third-order valence-electron chi connectivity index (χ3n) is 6.82. The summed E-state index contributed by atoms with van der Waals surface area (Å²) in [5.41, 5.74) is -6.05. The first-order valence-corrected chi connectivity index (χ1v) is 15.6. The van der Waals surface area contributed by atoms with Crippen LogP contribution in [0.15, 0.2) is 40.4 Å². The maximum absolute atomic E-state index is 13.0. The topological polar surface area (TPSA) is 240 Å². The van der Waals surface area contributed by atoms with Crippen molar-refractivity contribution < 1.29 is 68.8 Å². The molecule has 1 aliphatic heterocycles. The van der Waals surface area contributed by atoms with Gasteiger partial charge >= 0.3 is 35.3 Å². The van der Waals surface area contributed by atoms with E-state index in [4.69, 9.17) is 31.9 Å². The van der Waals surface area contributed by atoms with E-state index < -0.39 is 75.2 Å². The Bertz CT molecular complexity index is 2010. The second-order valence-electron chi connectivity index (χ2n) is 10.5. The highest BCUT2D eigenvalue weighted by Gasteiger charge is 2.54. The Morgan fingerprint density at radius 2 is 1.66 bits per heavy atom. The number of rotatable bonds is 9. The summed E-state index contributed by atoms with van der Waals surface area (Å²) < 4.78 is 86.0. The van der Waals surface area contributed by atoms with Crippen LogP contribution in [0.1, 0.15) is 37.4 Å². The van der Waals surface area contributed by atoms with Gasteiger partial charge < -0.3 is 33.4 Å². The average Bonchev–Trinajstić information content (AvgIpc) is 3.55. The lowest BCUT2D eigenvalue weighted by atomic mass is 10.1. The number of nitrogens with zero attached hydrogens (tertiary/aromatic N) is 5. The number of hydrogen-bond acceptors (Lipinski definition) is 14. The molecule has 3 aromatic rings. The monoisotopic (exact) mass is 736 g/mol. The molecule has 1 aliphatic rings. The Morgan fingerprint density at radius 1 is 1.06 bits per heavy atom. The van der Waals surface area contributed by atoms with Crippen LogP contribution in [-0.4, -0.2) is 92.4 Å². The second kappa shape index (κ2) is 15.6. The summed E-state index contributed by atoms with van der Waals surface area (Å²) in [5.74, 6) is -2.44. The van der Waals surface area contributed by atoms with Gasteiger partial charge in [0.25, 0.3) is 11.5 Å². The first-order valence-electron chi connectivity index (χ1n) is 14.2. The summed E-state index contributed by atoms with van der Waals surface area (Å²) >= 11 is 0. The van der Waals surface area contributed by atoms with Crippen molar-refractivity contribution in [3.63, 3.8) is 0 Å². The molecule has 1 N–H and O–H groups in total. The van der Waals surface area contributed by atoms with Crippen molar-refractivity contribution in [1.82, 2.24) is 24.0 Å². The van der Waals surface area contributed by atoms with Crippen LogP contribution >= 0.6 is 0 Å². The third kappa shape index (κ3) is 9.29. The number of nitrogens with one attached hydrogen (secondary N) is 1. The number of alkyl halides is 3. The number of carbonyl (C=O) groups is 4. The highest BCUT2D eigenvalue weighted by Crippen LogP contribution is 2.31. The summed E-state index contributed by atoms with van der Waals surface area (Å²) in [4.78, 5) is 77.8. The van der Waals surface area contributed by atoms with Crippen molar-refractivity contribution in [1.29, 1.82) is 0 Å². The van der Waals surface area contributed by atoms with Gasteiger partial charge in [0.1, 0.15) is 18.3 Å². The number of hydrogen-bond donors (Lipinski definition) is 1. The Morgan fingerprint density at radius 3 is 2.22 bits per heavy atom. The van der Waals surface area contributed by atoms with Crippen LogP contribution in [0.25, 0.3) is 11.2 Å². The summed E-state index contributed by atoms with van der Waals surface area (Å²) in [6.07, 6.45) is 0.202. The number of aryl methyl sites for hydroxylation is 2. The number of pyridine rings is 1. The Labute approximate surface area is 279 Å². The minimum atomic E-state index is -6.09. The van der Waals surface area contributed by atoms with Crippen molar-refractivity contribution in [2.75, 3.05) is 13.2 Å². The molecular formula is C27H31F3N6O13S. The summed E-state index contributed by atoms with van der Waals surface area (Å²) in [7, 11) is -2.94. The van der Waals surface area contributed by atoms with Crippen LogP contribution in [0.2, 0.25) is 0 Å². The van der Waals surface area contributed by atoms with Crippen molar-refractivity contribution >= 4 is 45.1 Å². The number of imidazole rings is 1. The van der Waals surface area contributed by atoms with Crippen LogP contribution in [-0.2, 0) is 64.1 Å². The highest BCUT2D eigenvalue weighted by atomic mass is 32.2. The third-order valence-corrected chi connectivity index (χ3v) is 7.39. The molecule has 1 fully saturated rings. The quantitative estimate of drug-likeness (QED) is 0.0868. The van der Waals surface area contributed by atoms with Crippen molar-refractivity contribution in [3.05, 3.63) is 57.3 Å². The van der Waals surface area contributed by atoms with E-state index in [1.54, 1.807) is 19.3 Å². The molecule has 19 nitrogen and oxygen atoms in total. The smallest absolute Gasteiger partial charge is 0.485 e. The van der Waals surface area contributed by atoms with Crippen LogP contribution in [0.5, 0.6) is 0 Å². The number of fused-ring (bicyclic) bond motifs is 1. The van der Waals surface area contributed by atoms with Gasteiger partial charge in [-0.2, -0.15) is 17.7 Å². The largest absolute Gasteiger partial charge is 0.741 e. The molecule has 23 heteroatoms. The van der Waals surface area contributed by atoms with E-state index in [9.17, 15) is 41.9 Å². The lowest BCUT2D eigenvalue weighted by molar-refractivity contribution is -0.765. The van der Waals surface area contributed by atoms with Gasteiger partial charge in [-0.15, -0.1) is 0 Å². The van der Waals surface area contributed by atoms with Gasteiger partial charge in [0.2, 0.25) is 6.10 Å². The lowest BCUT2D eigenvalue weighted by Gasteiger charge is -2.21. The first kappa shape index (κ1) is 39.3. The molecule has 1 saturated heterocycles. The Balaban J connectivity index is 0.000000753.